The average Bonchev–Trinajstić information content (AvgIpc) is 2.57. The number of likely N-dealkylation sites (tertiary alicyclic amines) is 2. The molecule has 3 heteroatoms. The van der Waals surface area contributed by atoms with E-state index in [0.717, 1.165) is 37.4 Å². The van der Waals surface area contributed by atoms with Crippen LogP contribution in [0.3, 0.4) is 0 Å². The number of carbonyl (C=O) groups is 1. The highest BCUT2D eigenvalue weighted by atomic mass is 16.1. The Hall–Kier alpha value is -0.570. The van der Waals surface area contributed by atoms with E-state index < -0.39 is 0 Å². The molecule has 1 aliphatic carbocycles. The van der Waals surface area contributed by atoms with E-state index in [1.807, 2.05) is 4.90 Å². The Labute approximate surface area is 85.1 Å². The van der Waals surface area contributed by atoms with Gasteiger partial charge in [-0.25, -0.2) is 0 Å². The maximum atomic E-state index is 10.6. The standard InChI is InChI=1S/C11H18N2O/c14-8-12-4-9-6-13(7-10(9)5-12)11-2-1-3-11/h8-11H,1-7H2. The van der Waals surface area contributed by atoms with Crippen LogP contribution in [-0.2, 0) is 4.79 Å². The zero-order valence-electron chi connectivity index (χ0n) is 8.56. The van der Waals surface area contributed by atoms with Gasteiger partial charge in [0, 0.05) is 32.2 Å². The molecule has 0 N–H and O–H groups in total. The zero-order valence-corrected chi connectivity index (χ0v) is 8.56. The lowest BCUT2D eigenvalue weighted by atomic mass is 9.92. The summed E-state index contributed by atoms with van der Waals surface area (Å²) in [5, 5.41) is 0. The minimum atomic E-state index is 0.779. The smallest absolute Gasteiger partial charge is 0.209 e. The van der Waals surface area contributed by atoms with Gasteiger partial charge in [0.1, 0.15) is 0 Å². The van der Waals surface area contributed by atoms with E-state index >= 15 is 0 Å². The van der Waals surface area contributed by atoms with Gasteiger partial charge in [0.25, 0.3) is 0 Å². The van der Waals surface area contributed by atoms with E-state index in [1.54, 1.807) is 0 Å². The van der Waals surface area contributed by atoms with Crippen LogP contribution in [0.5, 0.6) is 0 Å². The Morgan fingerprint density at radius 1 is 1.00 bits per heavy atom. The van der Waals surface area contributed by atoms with Crippen LogP contribution in [0.4, 0.5) is 0 Å². The van der Waals surface area contributed by atoms with Crippen LogP contribution in [0.25, 0.3) is 0 Å². The number of carbonyl (C=O) groups excluding carboxylic acids is 1. The highest BCUT2D eigenvalue weighted by Crippen LogP contribution is 2.35. The molecular formula is C11H18N2O. The molecule has 0 aromatic carbocycles. The van der Waals surface area contributed by atoms with Crippen molar-refractivity contribution in [3.8, 4) is 0 Å². The molecule has 1 saturated carbocycles. The Kier molecular flexibility index (Phi) is 2.01. The first kappa shape index (κ1) is 8.72. The molecule has 3 nitrogen and oxygen atoms in total. The van der Waals surface area contributed by atoms with Crippen molar-refractivity contribution in [1.29, 1.82) is 0 Å². The highest BCUT2D eigenvalue weighted by Gasteiger charge is 2.42. The van der Waals surface area contributed by atoms with Crippen molar-refractivity contribution >= 4 is 6.41 Å². The molecule has 78 valence electrons. The molecule has 3 aliphatic rings. The Morgan fingerprint density at radius 3 is 2.07 bits per heavy atom. The van der Waals surface area contributed by atoms with Crippen molar-refractivity contribution in [2.75, 3.05) is 26.2 Å². The minimum Gasteiger partial charge on any atom is -0.345 e. The predicted molar refractivity (Wildman–Crippen MR) is 53.8 cm³/mol. The quantitative estimate of drug-likeness (QED) is 0.600. The van der Waals surface area contributed by atoms with E-state index in [0.29, 0.717) is 0 Å². The second-order valence-corrected chi connectivity index (χ2v) is 5.12. The number of hydrogen-bond acceptors (Lipinski definition) is 2. The number of fused-ring (bicyclic) bond motifs is 1. The molecule has 2 saturated heterocycles. The Balaban J connectivity index is 1.59. The van der Waals surface area contributed by atoms with Gasteiger partial charge in [-0.2, -0.15) is 0 Å². The summed E-state index contributed by atoms with van der Waals surface area (Å²) in [6.07, 6.45) is 5.27. The first-order valence-corrected chi connectivity index (χ1v) is 5.80. The fourth-order valence-corrected chi connectivity index (χ4v) is 3.20. The first-order chi connectivity index (χ1) is 6.86. The van der Waals surface area contributed by atoms with E-state index in [9.17, 15) is 4.79 Å². The lowest BCUT2D eigenvalue weighted by Crippen LogP contribution is -2.40. The van der Waals surface area contributed by atoms with Gasteiger partial charge in [-0.05, 0) is 24.7 Å². The third-order valence-electron chi connectivity index (χ3n) is 4.28. The van der Waals surface area contributed by atoms with Gasteiger partial charge in [-0.15, -0.1) is 0 Å². The van der Waals surface area contributed by atoms with Crippen molar-refractivity contribution in [2.45, 2.75) is 25.3 Å². The van der Waals surface area contributed by atoms with Gasteiger partial charge in [-0.3, -0.25) is 9.69 Å². The van der Waals surface area contributed by atoms with Gasteiger partial charge < -0.3 is 4.90 Å². The molecule has 2 heterocycles. The molecule has 1 amide bonds. The van der Waals surface area contributed by atoms with Crippen LogP contribution in [0.15, 0.2) is 0 Å². The number of hydrogen-bond donors (Lipinski definition) is 0. The van der Waals surface area contributed by atoms with Gasteiger partial charge in [-0.1, -0.05) is 6.42 Å². The van der Waals surface area contributed by atoms with Crippen LogP contribution in [0.1, 0.15) is 19.3 Å². The lowest BCUT2D eigenvalue weighted by Gasteiger charge is -2.35. The van der Waals surface area contributed by atoms with E-state index in [2.05, 4.69) is 4.90 Å². The molecule has 0 radical (unpaired) electrons. The van der Waals surface area contributed by atoms with Gasteiger partial charge >= 0.3 is 0 Å². The summed E-state index contributed by atoms with van der Waals surface area (Å²) in [6.45, 7) is 4.52. The summed E-state index contributed by atoms with van der Waals surface area (Å²) in [7, 11) is 0. The van der Waals surface area contributed by atoms with Crippen LogP contribution in [-0.4, -0.2) is 48.4 Å². The zero-order chi connectivity index (χ0) is 9.54. The van der Waals surface area contributed by atoms with Crippen LogP contribution < -0.4 is 0 Å². The molecule has 2 aliphatic heterocycles. The SMILES string of the molecule is O=CN1CC2CN(C3CCC3)CC2C1. The van der Waals surface area contributed by atoms with Gasteiger partial charge in [0.05, 0.1) is 0 Å². The molecule has 3 rings (SSSR count). The number of nitrogens with zero attached hydrogens (tertiary/aromatic N) is 2. The molecule has 14 heavy (non-hydrogen) atoms. The fraction of sp³-hybridized carbons (Fsp3) is 0.909. The molecule has 0 bridgehead atoms. The van der Waals surface area contributed by atoms with Crippen molar-refractivity contribution in [3.05, 3.63) is 0 Å². The van der Waals surface area contributed by atoms with E-state index in [4.69, 9.17) is 0 Å². The van der Waals surface area contributed by atoms with Crippen LogP contribution in [0, 0.1) is 11.8 Å². The minimum absolute atomic E-state index is 0.779. The Bertz CT molecular complexity index is 225. The molecule has 2 atom stereocenters. The van der Waals surface area contributed by atoms with Crippen LogP contribution in [0.2, 0.25) is 0 Å². The average molecular weight is 194 g/mol. The Morgan fingerprint density at radius 2 is 1.64 bits per heavy atom. The summed E-state index contributed by atoms with van der Waals surface area (Å²) in [4.78, 5) is 15.3. The second-order valence-electron chi connectivity index (χ2n) is 5.12. The van der Waals surface area contributed by atoms with Crippen molar-refractivity contribution in [1.82, 2.24) is 9.80 Å². The predicted octanol–water partition coefficient (Wildman–Crippen LogP) is 0.559. The maximum absolute atomic E-state index is 10.6. The topological polar surface area (TPSA) is 23.6 Å². The fourth-order valence-electron chi connectivity index (χ4n) is 3.20. The molecule has 0 aromatic rings. The molecular weight excluding hydrogens is 176 g/mol. The summed E-state index contributed by atoms with van der Waals surface area (Å²) in [5.74, 6) is 1.56. The molecule has 3 fully saturated rings. The highest BCUT2D eigenvalue weighted by molar-refractivity contribution is 5.47. The van der Waals surface area contributed by atoms with Crippen molar-refractivity contribution < 1.29 is 4.79 Å². The van der Waals surface area contributed by atoms with E-state index in [-0.39, 0.29) is 0 Å². The van der Waals surface area contributed by atoms with Crippen molar-refractivity contribution in [3.63, 3.8) is 0 Å². The molecule has 0 spiro atoms. The third kappa shape index (κ3) is 1.26. The summed E-state index contributed by atoms with van der Waals surface area (Å²) < 4.78 is 0. The van der Waals surface area contributed by atoms with Crippen LogP contribution >= 0.6 is 0 Å². The summed E-state index contributed by atoms with van der Waals surface area (Å²) in [5.41, 5.74) is 0. The second kappa shape index (κ2) is 3.23. The first-order valence-electron chi connectivity index (χ1n) is 5.80. The molecule has 0 aromatic heterocycles. The number of amides is 1. The summed E-state index contributed by atoms with van der Waals surface area (Å²) in [6, 6.07) is 0.894. The number of rotatable bonds is 2. The lowest BCUT2D eigenvalue weighted by molar-refractivity contribution is -0.117. The summed E-state index contributed by atoms with van der Waals surface area (Å²) >= 11 is 0. The third-order valence-corrected chi connectivity index (χ3v) is 4.28. The van der Waals surface area contributed by atoms with Crippen molar-refractivity contribution in [2.24, 2.45) is 11.8 Å². The van der Waals surface area contributed by atoms with Gasteiger partial charge in [0.2, 0.25) is 6.41 Å². The maximum Gasteiger partial charge on any atom is 0.209 e. The normalized spacial score (nSPS) is 38.4. The van der Waals surface area contributed by atoms with E-state index in [1.165, 1.54) is 32.4 Å². The largest absolute Gasteiger partial charge is 0.345 e. The molecule has 2 unspecified atom stereocenters. The van der Waals surface area contributed by atoms with Gasteiger partial charge in [0.15, 0.2) is 0 Å². The monoisotopic (exact) mass is 194 g/mol.